The zero-order valence-electron chi connectivity index (χ0n) is 12.4. The van der Waals surface area contributed by atoms with E-state index in [1.54, 1.807) is 0 Å². The third kappa shape index (κ3) is 1.92. The van der Waals surface area contributed by atoms with Gasteiger partial charge in [0, 0.05) is 10.9 Å². The molecule has 108 valence electrons. The first-order valence-electron chi connectivity index (χ1n) is 7.66. The van der Waals surface area contributed by atoms with E-state index in [2.05, 4.69) is 48.5 Å². The predicted molar refractivity (Wildman–Crippen MR) is 94.5 cm³/mol. The number of hydrogen-bond donors (Lipinski definition) is 0. The van der Waals surface area contributed by atoms with Crippen molar-refractivity contribution < 1.29 is 4.42 Å². The fourth-order valence-electron chi connectivity index (χ4n) is 3.11. The Labute approximate surface area is 133 Å². The van der Waals surface area contributed by atoms with Crippen LogP contribution < -0.4 is 0 Å². The number of rotatable bonds is 1. The van der Waals surface area contributed by atoms with Crippen LogP contribution in [-0.2, 0) is 0 Å². The molecule has 0 amide bonds. The zero-order valence-corrected chi connectivity index (χ0v) is 12.4. The van der Waals surface area contributed by atoms with E-state index in [0.717, 1.165) is 22.0 Å². The standard InChI is InChI=1S/C21H13NO/c1-2-7-16-13-17(10-9-14(16)5-1)21-22-20-18-8-4-3-6-15(18)11-12-19(20)23-21/h1-13H. The van der Waals surface area contributed by atoms with Crippen LogP contribution in [-0.4, -0.2) is 4.98 Å². The smallest absolute Gasteiger partial charge is 0.227 e. The Morgan fingerprint density at radius 3 is 2.30 bits per heavy atom. The molecule has 0 bridgehead atoms. The summed E-state index contributed by atoms with van der Waals surface area (Å²) < 4.78 is 6.00. The SMILES string of the molecule is c1ccc2cc(-c3nc4c(ccc5ccccc54)o3)ccc2c1. The molecule has 0 fully saturated rings. The molecule has 0 radical (unpaired) electrons. The Morgan fingerprint density at radius 2 is 1.39 bits per heavy atom. The van der Waals surface area contributed by atoms with Gasteiger partial charge in [0.15, 0.2) is 5.58 Å². The number of hydrogen-bond acceptors (Lipinski definition) is 2. The summed E-state index contributed by atoms with van der Waals surface area (Å²) in [5, 5.41) is 4.72. The van der Waals surface area contributed by atoms with Gasteiger partial charge in [0.2, 0.25) is 5.89 Å². The number of benzene rings is 4. The highest BCUT2D eigenvalue weighted by atomic mass is 16.3. The van der Waals surface area contributed by atoms with E-state index in [1.165, 1.54) is 16.2 Å². The lowest BCUT2D eigenvalue weighted by molar-refractivity contribution is 0.620. The summed E-state index contributed by atoms with van der Waals surface area (Å²) in [6.45, 7) is 0. The molecule has 0 unspecified atom stereocenters. The average Bonchev–Trinajstić information content (AvgIpc) is 3.06. The van der Waals surface area contributed by atoms with Crippen molar-refractivity contribution in [3.8, 4) is 11.5 Å². The highest BCUT2D eigenvalue weighted by Gasteiger charge is 2.11. The lowest BCUT2D eigenvalue weighted by Crippen LogP contribution is -1.79. The normalized spacial score (nSPS) is 11.5. The lowest BCUT2D eigenvalue weighted by Gasteiger charge is -1.99. The molecule has 4 aromatic carbocycles. The summed E-state index contributed by atoms with van der Waals surface area (Å²) in [7, 11) is 0. The number of aromatic nitrogens is 1. The highest BCUT2D eigenvalue weighted by Crippen LogP contribution is 2.30. The van der Waals surface area contributed by atoms with Gasteiger partial charge in [-0.1, -0.05) is 60.7 Å². The van der Waals surface area contributed by atoms with Crippen LogP contribution in [0.15, 0.2) is 83.3 Å². The molecule has 0 atom stereocenters. The highest BCUT2D eigenvalue weighted by molar-refractivity contribution is 6.04. The molecule has 1 heterocycles. The van der Waals surface area contributed by atoms with Crippen molar-refractivity contribution in [2.75, 3.05) is 0 Å². The fourth-order valence-corrected chi connectivity index (χ4v) is 3.11. The Kier molecular flexibility index (Phi) is 2.53. The molecule has 2 heteroatoms. The minimum Gasteiger partial charge on any atom is -0.436 e. The van der Waals surface area contributed by atoms with Gasteiger partial charge in [-0.3, -0.25) is 0 Å². The van der Waals surface area contributed by atoms with Gasteiger partial charge >= 0.3 is 0 Å². The van der Waals surface area contributed by atoms with Crippen LogP contribution in [0.3, 0.4) is 0 Å². The molecular formula is C21H13NO. The van der Waals surface area contributed by atoms with Crippen molar-refractivity contribution in [1.29, 1.82) is 0 Å². The monoisotopic (exact) mass is 295 g/mol. The molecule has 0 spiro atoms. The second kappa shape index (κ2) is 4.68. The van der Waals surface area contributed by atoms with E-state index in [9.17, 15) is 0 Å². The van der Waals surface area contributed by atoms with Crippen LogP contribution in [0.2, 0.25) is 0 Å². The number of fused-ring (bicyclic) bond motifs is 4. The largest absolute Gasteiger partial charge is 0.436 e. The second-order valence-corrected chi connectivity index (χ2v) is 5.71. The maximum Gasteiger partial charge on any atom is 0.227 e. The van der Waals surface area contributed by atoms with Crippen molar-refractivity contribution >= 4 is 32.6 Å². The molecule has 2 nitrogen and oxygen atoms in total. The van der Waals surface area contributed by atoms with Crippen LogP contribution in [0.25, 0.3) is 44.1 Å². The molecule has 5 aromatic rings. The van der Waals surface area contributed by atoms with Crippen molar-refractivity contribution in [3.05, 3.63) is 78.9 Å². The van der Waals surface area contributed by atoms with E-state index in [0.29, 0.717) is 5.89 Å². The third-order valence-corrected chi connectivity index (χ3v) is 4.28. The summed E-state index contributed by atoms with van der Waals surface area (Å²) in [6.07, 6.45) is 0. The maximum absolute atomic E-state index is 6.00. The third-order valence-electron chi connectivity index (χ3n) is 4.28. The Morgan fingerprint density at radius 1 is 0.652 bits per heavy atom. The topological polar surface area (TPSA) is 26.0 Å². The Bertz CT molecular complexity index is 1170. The molecule has 0 saturated carbocycles. The van der Waals surface area contributed by atoms with Gasteiger partial charge in [-0.2, -0.15) is 0 Å². The summed E-state index contributed by atoms with van der Waals surface area (Å²) in [4.78, 5) is 4.75. The van der Waals surface area contributed by atoms with Crippen LogP contribution in [0.4, 0.5) is 0 Å². The molecule has 0 aliphatic rings. The second-order valence-electron chi connectivity index (χ2n) is 5.71. The van der Waals surface area contributed by atoms with Crippen molar-refractivity contribution in [1.82, 2.24) is 4.98 Å². The van der Waals surface area contributed by atoms with Crippen molar-refractivity contribution in [3.63, 3.8) is 0 Å². The first-order chi connectivity index (χ1) is 11.4. The van der Waals surface area contributed by atoms with Gasteiger partial charge in [-0.15, -0.1) is 0 Å². The molecule has 23 heavy (non-hydrogen) atoms. The molecule has 0 N–H and O–H groups in total. The van der Waals surface area contributed by atoms with Crippen molar-refractivity contribution in [2.24, 2.45) is 0 Å². The van der Waals surface area contributed by atoms with Gasteiger partial charge in [0.1, 0.15) is 5.52 Å². The van der Waals surface area contributed by atoms with Crippen LogP contribution in [0.5, 0.6) is 0 Å². The first-order valence-corrected chi connectivity index (χ1v) is 7.66. The Balaban J connectivity index is 1.76. The van der Waals surface area contributed by atoms with Crippen LogP contribution in [0.1, 0.15) is 0 Å². The summed E-state index contributed by atoms with van der Waals surface area (Å²) in [5.41, 5.74) is 2.75. The van der Waals surface area contributed by atoms with Gasteiger partial charge < -0.3 is 4.42 Å². The summed E-state index contributed by atoms with van der Waals surface area (Å²) in [5.74, 6) is 0.669. The molecule has 0 aliphatic heterocycles. The molecule has 0 aliphatic carbocycles. The fraction of sp³-hybridized carbons (Fsp3) is 0. The van der Waals surface area contributed by atoms with E-state index >= 15 is 0 Å². The number of oxazole rings is 1. The zero-order chi connectivity index (χ0) is 15.2. The average molecular weight is 295 g/mol. The van der Waals surface area contributed by atoms with Gasteiger partial charge in [0.05, 0.1) is 0 Å². The van der Waals surface area contributed by atoms with Crippen LogP contribution >= 0.6 is 0 Å². The van der Waals surface area contributed by atoms with Gasteiger partial charge in [-0.05, 0) is 34.4 Å². The minimum atomic E-state index is 0.669. The quantitative estimate of drug-likeness (QED) is 0.390. The summed E-state index contributed by atoms with van der Waals surface area (Å²) in [6, 6.07) is 26.9. The first kappa shape index (κ1) is 12.4. The molecule has 5 rings (SSSR count). The van der Waals surface area contributed by atoms with Crippen molar-refractivity contribution in [2.45, 2.75) is 0 Å². The summed E-state index contributed by atoms with van der Waals surface area (Å²) >= 11 is 0. The van der Waals surface area contributed by atoms with Crippen LogP contribution in [0, 0.1) is 0 Å². The van der Waals surface area contributed by atoms with Gasteiger partial charge in [-0.25, -0.2) is 4.98 Å². The van der Waals surface area contributed by atoms with E-state index in [-0.39, 0.29) is 0 Å². The predicted octanol–water partition coefficient (Wildman–Crippen LogP) is 5.80. The molecule has 0 saturated heterocycles. The lowest BCUT2D eigenvalue weighted by atomic mass is 10.1. The van der Waals surface area contributed by atoms with E-state index < -0.39 is 0 Å². The maximum atomic E-state index is 6.00. The number of nitrogens with zero attached hydrogens (tertiary/aromatic N) is 1. The van der Waals surface area contributed by atoms with E-state index in [4.69, 9.17) is 9.40 Å². The van der Waals surface area contributed by atoms with E-state index in [1.807, 2.05) is 30.3 Å². The minimum absolute atomic E-state index is 0.669. The Hall–Kier alpha value is -3.13. The van der Waals surface area contributed by atoms with Gasteiger partial charge in [0.25, 0.3) is 0 Å². The molecular weight excluding hydrogens is 282 g/mol. The molecule has 1 aromatic heterocycles.